The maximum atomic E-state index is 13.2. The molecule has 0 N–H and O–H groups in total. The number of benzene rings is 1. The van der Waals surface area contributed by atoms with Gasteiger partial charge in [-0.15, -0.1) is 0 Å². The first-order chi connectivity index (χ1) is 8.70. The van der Waals surface area contributed by atoms with Gasteiger partial charge in [0.25, 0.3) is 0 Å². The molecule has 0 saturated carbocycles. The standard InChI is InChI=1S/C14H19BrFN2/c15-14-5-2-8-18(14)9-6-17(7-10-18)13-4-1-3-12(16)11-13/h1,3-4,11,14H,2,5-10H2/q+1. The van der Waals surface area contributed by atoms with Crippen LogP contribution in [0.3, 0.4) is 0 Å². The molecule has 2 fully saturated rings. The molecule has 98 valence electrons. The molecule has 18 heavy (non-hydrogen) atoms. The van der Waals surface area contributed by atoms with Crippen LogP contribution in [0.15, 0.2) is 24.3 Å². The third-order valence-corrected chi connectivity index (χ3v) is 5.77. The second-order valence-corrected chi connectivity index (χ2v) is 6.49. The van der Waals surface area contributed by atoms with Crippen LogP contribution in [0.2, 0.25) is 0 Å². The molecule has 1 aromatic carbocycles. The molecule has 2 heterocycles. The average Bonchev–Trinajstić information content (AvgIpc) is 2.72. The Morgan fingerprint density at radius 3 is 2.61 bits per heavy atom. The van der Waals surface area contributed by atoms with Crippen molar-refractivity contribution in [2.75, 3.05) is 37.6 Å². The Labute approximate surface area is 116 Å². The molecule has 0 aliphatic carbocycles. The van der Waals surface area contributed by atoms with E-state index in [4.69, 9.17) is 0 Å². The first-order valence-corrected chi connectivity index (χ1v) is 7.62. The highest BCUT2D eigenvalue weighted by molar-refractivity contribution is 9.09. The Balaban J connectivity index is 1.70. The number of nitrogens with zero attached hydrogens (tertiary/aromatic N) is 2. The highest BCUT2D eigenvalue weighted by atomic mass is 79.9. The molecular weight excluding hydrogens is 295 g/mol. The van der Waals surface area contributed by atoms with E-state index < -0.39 is 0 Å². The quantitative estimate of drug-likeness (QED) is 0.438. The summed E-state index contributed by atoms with van der Waals surface area (Å²) in [6, 6.07) is 6.96. The van der Waals surface area contributed by atoms with Crippen LogP contribution < -0.4 is 4.90 Å². The fourth-order valence-electron chi connectivity index (χ4n) is 3.29. The van der Waals surface area contributed by atoms with Crippen LogP contribution >= 0.6 is 15.9 Å². The van der Waals surface area contributed by atoms with E-state index >= 15 is 0 Å². The van der Waals surface area contributed by atoms with Crippen LogP contribution in [0.1, 0.15) is 12.8 Å². The predicted molar refractivity (Wildman–Crippen MR) is 75.4 cm³/mol. The summed E-state index contributed by atoms with van der Waals surface area (Å²) >= 11 is 3.84. The lowest BCUT2D eigenvalue weighted by molar-refractivity contribution is -0.925. The number of piperazine rings is 1. The van der Waals surface area contributed by atoms with Crippen molar-refractivity contribution >= 4 is 21.6 Å². The van der Waals surface area contributed by atoms with E-state index in [1.165, 1.54) is 43.0 Å². The normalized spacial score (nSPS) is 26.8. The number of halogens is 2. The lowest BCUT2D eigenvalue weighted by Gasteiger charge is -2.45. The third kappa shape index (κ3) is 2.16. The van der Waals surface area contributed by atoms with Crippen molar-refractivity contribution in [1.29, 1.82) is 0 Å². The molecule has 1 aromatic rings. The predicted octanol–water partition coefficient (Wildman–Crippen LogP) is 2.98. The Kier molecular flexibility index (Phi) is 3.32. The Morgan fingerprint density at radius 2 is 2.00 bits per heavy atom. The van der Waals surface area contributed by atoms with E-state index in [1.807, 2.05) is 6.07 Å². The fourth-order valence-corrected chi connectivity index (χ4v) is 4.22. The zero-order valence-corrected chi connectivity index (χ0v) is 12.1. The van der Waals surface area contributed by atoms with Gasteiger partial charge in [0.2, 0.25) is 0 Å². The van der Waals surface area contributed by atoms with Gasteiger partial charge in [-0.1, -0.05) is 6.07 Å². The van der Waals surface area contributed by atoms with Crippen LogP contribution in [0.4, 0.5) is 10.1 Å². The molecule has 2 saturated heterocycles. The van der Waals surface area contributed by atoms with Crippen LogP contribution in [0.5, 0.6) is 0 Å². The largest absolute Gasteiger partial charge is 0.360 e. The number of hydrogen-bond acceptors (Lipinski definition) is 1. The minimum atomic E-state index is -0.137. The third-order valence-electron chi connectivity index (χ3n) is 4.44. The van der Waals surface area contributed by atoms with Crippen molar-refractivity contribution < 1.29 is 8.87 Å². The molecule has 1 unspecified atom stereocenters. The second kappa shape index (κ2) is 4.82. The summed E-state index contributed by atoms with van der Waals surface area (Å²) in [6.07, 6.45) is 2.62. The molecule has 4 heteroatoms. The summed E-state index contributed by atoms with van der Waals surface area (Å²) in [5, 5.41) is 0. The Hall–Kier alpha value is -0.610. The molecule has 1 spiro atoms. The minimum absolute atomic E-state index is 0.137. The molecule has 3 rings (SSSR count). The molecular formula is C14H19BrFN2+. The Bertz CT molecular complexity index is 430. The van der Waals surface area contributed by atoms with Gasteiger partial charge in [-0.2, -0.15) is 0 Å². The van der Waals surface area contributed by atoms with Crippen LogP contribution in [-0.4, -0.2) is 42.2 Å². The van der Waals surface area contributed by atoms with Crippen molar-refractivity contribution in [2.24, 2.45) is 0 Å². The number of rotatable bonds is 1. The number of alkyl halides is 1. The van der Waals surface area contributed by atoms with Gasteiger partial charge < -0.3 is 9.38 Å². The van der Waals surface area contributed by atoms with E-state index in [1.54, 1.807) is 12.1 Å². The van der Waals surface area contributed by atoms with E-state index in [0.717, 1.165) is 18.8 Å². The maximum Gasteiger partial charge on any atom is 0.144 e. The summed E-state index contributed by atoms with van der Waals surface area (Å²) in [6.45, 7) is 5.71. The molecule has 2 aliphatic rings. The monoisotopic (exact) mass is 313 g/mol. The average molecular weight is 314 g/mol. The van der Waals surface area contributed by atoms with Crippen LogP contribution in [0.25, 0.3) is 0 Å². The van der Waals surface area contributed by atoms with Crippen molar-refractivity contribution in [2.45, 2.75) is 17.8 Å². The van der Waals surface area contributed by atoms with Crippen LogP contribution in [0, 0.1) is 5.82 Å². The van der Waals surface area contributed by atoms with Crippen molar-refractivity contribution in [3.8, 4) is 0 Å². The molecule has 2 aliphatic heterocycles. The lowest BCUT2D eigenvalue weighted by Crippen LogP contribution is -2.60. The number of anilines is 1. The van der Waals surface area contributed by atoms with Gasteiger partial charge in [-0.3, -0.25) is 0 Å². The van der Waals surface area contributed by atoms with Crippen LogP contribution in [-0.2, 0) is 0 Å². The molecule has 0 amide bonds. The first kappa shape index (κ1) is 12.4. The molecule has 1 atom stereocenters. The van der Waals surface area contributed by atoms with Gasteiger partial charge in [0, 0.05) is 18.5 Å². The highest BCUT2D eigenvalue weighted by Crippen LogP contribution is 2.33. The summed E-state index contributed by atoms with van der Waals surface area (Å²) < 4.78 is 14.5. The maximum absolute atomic E-state index is 13.2. The fraction of sp³-hybridized carbons (Fsp3) is 0.571. The lowest BCUT2D eigenvalue weighted by atomic mass is 10.2. The zero-order valence-electron chi connectivity index (χ0n) is 10.5. The van der Waals surface area contributed by atoms with Gasteiger partial charge in [0.1, 0.15) is 10.8 Å². The van der Waals surface area contributed by atoms with Crippen molar-refractivity contribution in [3.63, 3.8) is 0 Å². The van der Waals surface area contributed by atoms with Gasteiger partial charge >= 0.3 is 0 Å². The summed E-state index contributed by atoms with van der Waals surface area (Å²) in [4.78, 5) is 2.94. The topological polar surface area (TPSA) is 3.24 Å². The minimum Gasteiger partial charge on any atom is -0.360 e. The van der Waals surface area contributed by atoms with Gasteiger partial charge in [-0.25, -0.2) is 4.39 Å². The van der Waals surface area contributed by atoms with Gasteiger partial charge in [0.05, 0.1) is 32.7 Å². The van der Waals surface area contributed by atoms with Gasteiger partial charge in [-0.05, 0) is 34.1 Å². The SMILES string of the molecule is Fc1cccc(N2CC[N+]3(CCCC3Br)CC2)c1. The second-order valence-electron chi connectivity index (χ2n) is 5.43. The Morgan fingerprint density at radius 1 is 1.22 bits per heavy atom. The highest BCUT2D eigenvalue weighted by Gasteiger charge is 2.42. The summed E-state index contributed by atoms with van der Waals surface area (Å²) in [7, 11) is 0. The summed E-state index contributed by atoms with van der Waals surface area (Å²) in [5.41, 5.74) is 1.03. The van der Waals surface area contributed by atoms with Gasteiger partial charge in [0.15, 0.2) is 0 Å². The molecule has 0 radical (unpaired) electrons. The van der Waals surface area contributed by atoms with E-state index in [-0.39, 0.29) is 5.82 Å². The number of quaternary nitrogens is 1. The molecule has 2 nitrogen and oxygen atoms in total. The first-order valence-electron chi connectivity index (χ1n) is 6.70. The van der Waals surface area contributed by atoms with Crippen molar-refractivity contribution in [1.82, 2.24) is 0 Å². The number of hydrogen-bond donors (Lipinski definition) is 0. The van der Waals surface area contributed by atoms with Crippen molar-refractivity contribution in [3.05, 3.63) is 30.1 Å². The van der Waals surface area contributed by atoms with E-state index in [0.29, 0.717) is 4.95 Å². The zero-order chi connectivity index (χ0) is 12.6. The molecule has 0 bridgehead atoms. The van der Waals surface area contributed by atoms with E-state index in [9.17, 15) is 4.39 Å². The molecule has 0 aromatic heterocycles. The van der Waals surface area contributed by atoms with E-state index in [2.05, 4.69) is 20.8 Å². The smallest absolute Gasteiger partial charge is 0.144 e. The summed E-state index contributed by atoms with van der Waals surface area (Å²) in [5.74, 6) is -0.137.